The van der Waals surface area contributed by atoms with Gasteiger partial charge in [0.15, 0.2) is 0 Å². The summed E-state index contributed by atoms with van der Waals surface area (Å²) in [5, 5.41) is 0. The molecule has 0 aliphatic heterocycles. The number of hydrogen-bond donors (Lipinski definition) is 0. The van der Waals surface area contributed by atoms with Crippen LogP contribution in [0.15, 0.2) is 0 Å². The molecule has 2 heteroatoms. The summed E-state index contributed by atoms with van der Waals surface area (Å²) < 4.78 is 0. The number of hydrogen-bond acceptors (Lipinski definition) is 0. The lowest BCUT2D eigenvalue weighted by Crippen LogP contribution is -2.37. The zero-order valence-electron chi connectivity index (χ0n) is 13.2. The van der Waals surface area contributed by atoms with E-state index >= 15 is 0 Å². The van der Waals surface area contributed by atoms with Crippen LogP contribution >= 0.6 is 0 Å². The van der Waals surface area contributed by atoms with E-state index in [2.05, 4.69) is 60.1 Å². The highest BCUT2D eigenvalue weighted by molar-refractivity contribution is 6.77. The van der Waals surface area contributed by atoms with E-state index in [4.69, 9.17) is 0 Å². The van der Waals surface area contributed by atoms with Gasteiger partial charge in [0.05, 0.1) is 0 Å². The van der Waals surface area contributed by atoms with Gasteiger partial charge < -0.3 is 0 Å². The Morgan fingerprint density at radius 2 is 1.12 bits per heavy atom. The minimum atomic E-state index is -0.924. The molecule has 0 bridgehead atoms. The Kier molecular flexibility index (Phi) is 5.53. The molecule has 0 N–H and O–H groups in total. The molecular weight excluding hydrogens is 224 g/mol. The van der Waals surface area contributed by atoms with Gasteiger partial charge >= 0.3 is 0 Å². The van der Waals surface area contributed by atoms with Crippen molar-refractivity contribution in [1.29, 1.82) is 0 Å². The predicted molar refractivity (Wildman–Crippen MR) is 83.9 cm³/mol. The standard InChI is InChI=1S/C14H34Si2/c1-10-14(2,3)13(11-15(4,5)6)12-16(7,8)9/h13H,10-12H2,1-9H3. The average molecular weight is 259 g/mol. The molecule has 0 saturated heterocycles. The molecule has 0 spiro atoms. The average Bonchev–Trinajstić information content (AvgIpc) is 1.97. The molecule has 16 heavy (non-hydrogen) atoms. The molecule has 0 unspecified atom stereocenters. The maximum Gasteiger partial charge on any atom is 0.0445 e. The minimum absolute atomic E-state index is 0.542. The Balaban J connectivity index is 4.79. The second-order valence-electron chi connectivity index (χ2n) is 8.57. The highest BCUT2D eigenvalue weighted by Gasteiger charge is 2.34. The van der Waals surface area contributed by atoms with Crippen molar-refractivity contribution in [2.24, 2.45) is 11.3 Å². The van der Waals surface area contributed by atoms with Crippen LogP contribution in [0.3, 0.4) is 0 Å². The Labute approximate surface area is 106 Å². The van der Waals surface area contributed by atoms with E-state index in [0.29, 0.717) is 5.41 Å². The highest BCUT2D eigenvalue weighted by atomic mass is 28.3. The van der Waals surface area contributed by atoms with Gasteiger partial charge in [-0.05, 0) is 11.3 Å². The van der Waals surface area contributed by atoms with Gasteiger partial charge in [-0.15, -0.1) is 0 Å². The molecule has 0 nitrogen and oxygen atoms in total. The van der Waals surface area contributed by atoms with E-state index < -0.39 is 16.1 Å². The SMILES string of the molecule is CCC(C)(C)C(C[Si](C)(C)C)C[Si](C)(C)C. The summed E-state index contributed by atoms with van der Waals surface area (Å²) in [6.45, 7) is 22.5. The van der Waals surface area contributed by atoms with Crippen molar-refractivity contribution in [3.63, 3.8) is 0 Å². The third kappa shape index (κ3) is 6.90. The van der Waals surface area contributed by atoms with Crippen molar-refractivity contribution in [2.75, 3.05) is 0 Å². The van der Waals surface area contributed by atoms with Gasteiger partial charge in [0.25, 0.3) is 0 Å². The van der Waals surface area contributed by atoms with Crippen molar-refractivity contribution >= 4 is 16.1 Å². The van der Waals surface area contributed by atoms with Gasteiger partial charge in [0, 0.05) is 16.1 Å². The lowest BCUT2D eigenvalue weighted by atomic mass is 9.79. The molecule has 0 aliphatic carbocycles. The molecule has 0 fully saturated rings. The normalized spacial score (nSPS) is 14.6. The second kappa shape index (κ2) is 5.39. The molecule has 0 saturated carbocycles. The van der Waals surface area contributed by atoms with Crippen LogP contribution in [0.2, 0.25) is 51.4 Å². The summed E-state index contributed by atoms with van der Waals surface area (Å²) >= 11 is 0. The third-order valence-corrected chi connectivity index (χ3v) is 7.17. The van der Waals surface area contributed by atoms with E-state index in [1.165, 1.54) is 18.5 Å². The summed E-state index contributed by atoms with van der Waals surface area (Å²) in [4.78, 5) is 0. The van der Waals surface area contributed by atoms with E-state index in [1.54, 1.807) is 0 Å². The quantitative estimate of drug-likeness (QED) is 0.535. The predicted octanol–water partition coefficient (Wildman–Crippen LogP) is 5.72. The molecule has 98 valence electrons. The third-order valence-electron chi connectivity index (χ3n) is 3.73. The van der Waals surface area contributed by atoms with Gasteiger partial charge in [0.2, 0.25) is 0 Å². The van der Waals surface area contributed by atoms with Crippen LogP contribution in [0.1, 0.15) is 27.2 Å². The monoisotopic (exact) mass is 258 g/mol. The summed E-state index contributed by atoms with van der Waals surface area (Å²) in [6, 6.07) is 3.02. The fourth-order valence-corrected chi connectivity index (χ4v) is 7.03. The van der Waals surface area contributed by atoms with Crippen LogP contribution < -0.4 is 0 Å². The molecule has 0 amide bonds. The van der Waals surface area contributed by atoms with Gasteiger partial charge in [-0.1, -0.05) is 78.6 Å². The smallest absolute Gasteiger partial charge is 0.0445 e. The Morgan fingerprint density at radius 1 is 0.812 bits per heavy atom. The van der Waals surface area contributed by atoms with Crippen LogP contribution in [-0.2, 0) is 0 Å². The summed E-state index contributed by atoms with van der Waals surface area (Å²) in [6.07, 6.45) is 1.33. The van der Waals surface area contributed by atoms with E-state index in [9.17, 15) is 0 Å². The molecule has 0 aromatic heterocycles. The fourth-order valence-electron chi connectivity index (χ4n) is 2.39. The first-order valence-corrected chi connectivity index (χ1v) is 14.3. The molecule has 0 aliphatic rings. The first kappa shape index (κ1) is 16.4. The summed E-state index contributed by atoms with van der Waals surface area (Å²) in [5.74, 6) is 0.954. The molecular formula is C14H34Si2. The largest absolute Gasteiger partial charge is 0.0695 e. The van der Waals surface area contributed by atoms with Crippen LogP contribution in [0.4, 0.5) is 0 Å². The zero-order valence-corrected chi connectivity index (χ0v) is 15.2. The van der Waals surface area contributed by atoms with Crippen LogP contribution in [-0.4, -0.2) is 16.1 Å². The topological polar surface area (TPSA) is 0 Å². The Hall–Kier alpha value is 0.434. The lowest BCUT2D eigenvalue weighted by Gasteiger charge is -2.40. The van der Waals surface area contributed by atoms with Crippen molar-refractivity contribution in [1.82, 2.24) is 0 Å². The molecule has 0 atom stereocenters. The van der Waals surface area contributed by atoms with Gasteiger partial charge in [-0.25, -0.2) is 0 Å². The van der Waals surface area contributed by atoms with Crippen LogP contribution in [0, 0.1) is 11.3 Å². The molecule has 0 aromatic carbocycles. The second-order valence-corrected chi connectivity index (χ2v) is 19.6. The van der Waals surface area contributed by atoms with Crippen molar-refractivity contribution < 1.29 is 0 Å². The lowest BCUT2D eigenvalue weighted by molar-refractivity contribution is 0.236. The van der Waals surface area contributed by atoms with Crippen molar-refractivity contribution in [2.45, 2.75) is 78.6 Å². The zero-order chi connectivity index (χ0) is 13.2. The molecule has 0 radical (unpaired) electrons. The van der Waals surface area contributed by atoms with Crippen LogP contribution in [0.5, 0.6) is 0 Å². The fraction of sp³-hybridized carbons (Fsp3) is 1.00. The number of rotatable bonds is 6. The van der Waals surface area contributed by atoms with E-state index in [-0.39, 0.29) is 0 Å². The molecule has 0 heterocycles. The van der Waals surface area contributed by atoms with Crippen molar-refractivity contribution in [3.8, 4) is 0 Å². The Morgan fingerprint density at radius 3 is 1.31 bits per heavy atom. The Bertz CT molecular complexity index is 190. The highest BCUT2D eigenvalue weighted by Crippen LogP contribution is 2.41. The maximum atomic E-state index is 2.52. The van der Waals surface area contributed by atoms with Gasteiger partial charge in [-0.3, -0.25) is 0 Å². The molecule has 0 aromatic rings. The van der Waals surface area contributed by atoms with Gasteiger partial charge in [0.1, 0.15) is 0 Å². The summed E-state index contributed by atoms with van der Waals surface area (Å²) in [7, 11) is -1.85. The molecule has 0 rings (SSSR count). The minimum Gasteiger partial charge on any atom is -0.0695 e. The van der Waals surface area contributed by atoms with E-state index in [0.717, 1.165) is 5.92 Å². The van der Waals surface area contributed by atoms with Crippen molar-refractivity contribution in [3.05, 3.63) is 0 Å². The first-order valence-electron chi connectivity index (χ1n) is 6.87. The van der Waals surface area contributed by atoms with Crippen LogP contribution in [0.25, 0.3) is 0 Å². The summed E-state index contributed by atoms with van der Waals surface area (Å²) in [5.41, 5.74) is 0.542. The van der Waals surface area contributed by atoms with E-state index in [1.807, 2.05) is 0 Å². The van der Waals surface area contributed by atoms with Gasteiger partial charge in [-0.2, -0.15) is 0 Å². The maximum absolute atomic E-state index is 2.52. The first-order chi connectivity index (χ1) is 6.87.